The molecule has 0 amide bonds. The Morgan fingerprint density at radius 3 is 1.19 bits per heavy atom. The van der Waals surface area contributed by atoms with E-state index in [2.05, 4.69) is 13.8 Å². The van der Waals surface area contributed by atoms with E-state index in [-0.39, 0.29) is 25.6 Å². The number of unbranched alkanes of at least 4 members (excludes halogenated alkanes) is 28. The smallest absolute Gasteiger partial charge is 0.462 e. The summed E-state index contributed by atoms with van der Waals surface area (Å²) in [5, 5.41) is 0. The molecule has 0 spiro atoms. The average molecular weight is 791 g/mol. The van der Waals surface area contributed by atoms with Crippen LogP contribution in [0.3, 0.4) is 0 Å². The molecule has 0 heterocycles. The van der Waals surface area contributed by atoms with Crippen LogP contribution in [0, 0.1) is 0 Å². The lowest BCUT2D eigenvalue weighted by atomic mass is 10.0. The number of carbonyl (C=O) groups excluding carboxylic acids is 2. The maximum absolute atomic E-state index is 12.7. The first-order valence-electron chi connectivity index (χ1n) is 22.8. The van der Waals surface area contributed by atoms with E-state index < -0.39 is 26.5 Å². The number of hydrogen-bond donors (Lipinski definition) is 1. The van der Waals surface area contributed by atoms with Gasteiger partial charge in [-0.05, 0) is 12.8 Å². The lowest BCUT2D eigenvalue weighted by Gasteiger charge is -2.24. The fraction of sp³-hybridized carbons (Fsp3) is 0.955. The van der Waals surface area contributed by atoms with Crippen molar-refractivity contribution in [2.45, 2.75) is 225 Å². The number of nitrogens with zero attached hydrogens (tertiary/aromatic N) is 1. The summed E-state index contributed by atoms with van der Waals surface area (Å²) in [5.74, 6) is -0.783. The maximum atomic E-state index is 12.7. The number of phosphoric acid groups is 1. The summed E-state index contributed by atoms with van der Waals surface area (Å²) >= 11 is 0. The van der Waals surface area contributed by atoms with Crippen LogP contribution >= 0.6 is 7.82 Å². The molecule has 0 aromatic carbocycles. The molecule has 10 heteroatoms. The number of ether oxygens (including phenoxy) is 2. The molecular formula is C44H89NO8P+. The Morgan fingerprint density at radius 2 is 0.833 bits per heavy atom. The normalized spacial score (nSPS) is 13.5. The molecule has 0 rings (SSSR count). The van der Waals surface area contributed by atoms with Crippen molar-refractivity contribution < 1.29 is 42.1 Å². The second kappa shape index (κ2) is 37.6. The van der Waals surface area contributed by atoms with Crippen LogP contribution in [-0.2, 0) is 32.7 Å². The van der Waals surface area contributed by atoms with E-state index in [1.165, 1.54) is 154 Å². The fourth-order valence-corrected chi connectivity index (χ4v) is 7.29. The van der Waals surface area contributed by atoms with E-state index in [1.807, 2.05) is 21.1 Å². The Labute approximate surface area is 334 Å². The molecule has 0 aromatic heterocycles. The molecule has 0 aliphatic rings. The highest BCUT2D eigenvalue weighted by Gasteiger charge is 2.27. The Kier molecular flexibility index (Phi) is 36.9. The van der Waals surface area contributed by atoms with E-state index in [4.69, 9.17) is 18.5 Å². The van der Waals surface area contributed by atoms with E-state index >= 15 is 0 Å². The van der Waals surface area contributed by atoms with E-state index in [0.717, 1.165) is 38.5 Å². The summed E-state index contributed by atoms with van der Waals surface area (Å²) in [6, 6.07) is 0. The van der Waals surface area contributed by atoms with E-state index in [1.54, 1.807) is 0 Å². The van der Waals surface area contributed by atoms with Gasteiger partial charge in [-0.15, -0.1) is 0 Å². The van der Waals surface area contributed by atoms with E-state index in [0.29, 0.717) is 17.4 Å². The van der Waals surface area contributed by atoms with Crippen LogP contribution in [0.25, 0.3) is 0 Å². The van der Waals surface area contributed by atoms with Gasteiger partial charge in [-0.2, -0.15) is 0 Å². The first-order chi connectivity index (χ1) is 26.0. The second-order valence-corrected chi connectivity index (χ2v) is 18.3. The monoisotopic (exact) mass is 791 g/mol. The Hall–Kier alpha value is -0.990. The minimum atomic E-state index is -4.36. The van der Waals surface area contributed by atoms with Gasteiger partial charge in [0, 0.05) is 12.8 Å². The molecule has 2 atom stereocenters. The zero-order chi connectivity index (χ0) is 40.0. The molecule has 0 aliphatic carbocycles. The van der Waals surface area contributed by atoms with Crippen LogP contribution in [0.4, 0.5) is 0 Å². The Balaban J connectivity index is 4.27. The molecule has 322 valence electrons. The van der Waals surface area contributed by atoms with Gasteiger partial charge < -0.3 is 18.9 Å². The van der Waals surface area contributed by atoms with Gasteiger partial charge in [0.25, 0.3) is 0 Å². The molecule has 2 unspecified atom stereocenters. The molecule has 0 aliphatic heterocycles. The molecule has 0 radical (unpaired) electrons. The van der Waals surface area contributed by atoms with Crippen LogP contribution in [0.15, 0.2) is 0 Å². The van der Waals surface area contributed by atoms with Crippen LogP contribution in [0.5, 0.6) is 0 Å². The van der Waals surface area contributed by atoms with Crippen molar-refractivity contribution in [3.8, 4) is 0 Å². The third-order valence-electron chi connectivity index (χ3n) is 10.1. The van der Waals surface area contributed by atoms with Crippen LogP contribution < -0.4 is 0 Å². The van der Waals surface area contributed by atoms with Gasteiger partial charge in [-0.25, -0.2) is 4.57 Å². The van der Waals surface area contributed by atoms with Crippen molar-refractivity contribution in [2.75, 3.05) is 47.5 Å². The van der Waals surface area contributed by atoms with Crippen molar-refractivity contribution in [1.82, 2.24) is 0 Å². The third-order valence-corrected chi connectivity index (χ3v) is 11.1. The summed E-state index contributed by atoms with van der Waals surface area (Å²) < 4.78 is 34.3. The number of hydrogen-bond acceptors (Lipinski definition) is 7. The van der Waals surface area contributed by atoms with Gasteiger partial charge in [0.15, 0.2) is 6.10 Å². The zero-order valence-electron chi connectivity index (χ0n) is 36.2. The molecule has 0 saturated carbocycles. The number of phosphoric ester groups is 1. The van der Waals surface area contributed by atoms with Gasteiger partial charge in [0.05, 0.1) is 27.7 Å². The van der Waals surface area contributed by atoms with Gasteiger partial charge in [-0.3, -0.25) is 18.6 Å². The topological polar surface area (TPSA) is 108 Å². The predicted octanol–water partition coefficient (Wildman–Crippen LogP) is 12.8. The number of esters is 2. The second-order valence-electron chi connectivity index (χ2n) is 16.8. The third kappa shape index (κ3) is 40.7. The predicted molar refractivity (Wildman–Crippen MR) is 225 cm³/mol. The van der Waals surface area contributed by atoms with E-state index in [9.17, 15) is 19.0 Å². The van der Waals surface area contributed by atoms with Crippen LogP contribution in [-0.4, -0.2) is 74.9 Å². The van der Waals surface area contributed by atoms with Gasteiger partial charge in [-0.1, -0.05) is 194 Å². The quantitative estimate of drug-likeness (QED) is 0.0282. The van der Waals surface area contributed by atoms with Crippen molar-refractivity contribution in [1.29, 1.82) is 0 Å². The fourth-order valence-electron chi connectivity index (χ4n) is 6.54. The summed E-state index contributed by atoms with van der Waals surface area (Å²) in [5.41, 5.74) is 0. The summed E-state index contributed by atoms with van der Waals surface area (Å²) in [4.78, 5) is 35.4. The highest BCUT2D eigenvalue weighted by Crippen LogP contribution is 2.43. The average Bonchev–Trinajstić information content (AvgIpc) is 3.12. The molecule has 9 nitrogen and oxygen atoms in total. The molecular weight excluding hydrogens is 701 g/mol. The molecule has 0 aromatic rings. The van der Waals surface area contributed by atoms with Crippen molar-refractivity contribution >= 4 is 19.8 Å². The highest BCUT2D eigenvalue weighted by molar-refractivity contribution is 7.47. The lowest BCUT2D eigenvalue weighted by Crippen LogP contribution is -2.37. The summed E-state index contributed by atoms with van der Waals surface area (Å²) in [6.45, 7) is 4.46. The highest BCUT2D eigenvalue weighted by atomic mass is 31.2. The SMILES string of the molecule is CCCCCCCCCCCCCCCCCCCC(=O)OCC(COP(=O)(O)OCC[N+](C)(C)C)OC(=O)CCCCCCCCCCCCCCC. The number of rotatable bonds is 42. The molecule has 0 fully saturated rings. The zero-order valence-corrected chi connectivity index (χ0v) is 37.1. The molecule has 54 heavy (non-hydrogen) atoms. The standard InChI is InChI=1S/C44H88NO8P/c1-6-8-10-12-14-16-18-20-21-22-23-25-26-28-30-32-34-36-43(46)50-40-42(41-52-54(48,49)51-39-38-45(3,4)5)53-44(47)37-35-33-31-29-27-24-19-17-15-13-11-9-7-2/h42H,6-41H2,1-5H3/p+1. The van der Waals surface area contributed by atoms with Crippen molar-refractivity contribution in [3.63, 3.8) is 0 Å². The number of quaternary nitrogens is 1. The summed E-state index contributed by atoms with van der Waals surface area (Å²) in [7, 11) is 1.49. The number of likely N-dealkylation sites (N-methyl/N-ethyl adjacent to an activating group) is 1. The minimum absolute atomic E-state index is 0.0368. The lowest BCUT2D eigenvalue weighted by molar-refractivity contribution is -0.870. The molecule has 0 saturated heterocycles. The van der Waals surface area contributed by atoms with Gasteiger partial charge in [0.1, 0.15) is 19.8 Å². The number of carbonyl (C=O) groups is 2. The first kappa shape index (κ1) is 53.0. The van der Waals surface area contributed by atoms with Gasteiger partial charge in [0.2, 0.25) is 0 Å². The van der Waals surface area contributed by atoms with Crippen LogP contribution in [0.1, 0.15) is 219 Å². The van der Waals surface area contributed by atoms with Crippen molar-refractivity contribution in [2.24, 2.45) is 0 Å². The Bertz CT molecular complexity index is 896. The van der Waals surface area contributed by atoms with Crippen LogP contribution in [0.2, 0.25) is 0 Å². The molecule has 1 N–H and O–H groups in total. The van der Waals surface area contributed by atoms with Crippen molar-refractivity contribution in [3.05, 3.63) is 0 Å². The Morgan fingerprint density at radius 1 is 0.500 bits per heavy atom. The summed E-state index contributed by atoms with van der Waals surface area (Å²) in [6.07, 6.45) is 37.1. The largest absolute Gasteiger partial charge is 0.472 e. The maximum Gasteiger partial charge on any atom is 0.472 e. The first-order valence-corrected chi connectivity index (χ1v) is 24.3. The molecule has 0 bridgehead atoms. The minimum Gasteiger partial charge on any atom is -0.462 e. The van der Waals surface area contributed by atoms with Gasteiger partial charge >= 0.3 is 19.8 Å².